The Morgan fingerprint density at radius 1 is 0.353 bits per heavy atom. The lowest BCUT2D eigenvalue weighted by molar-refractivity contribution is 1.36. The van der Waals surface area contributed by atoms with Crippen molar-refractivity contribution in [2.75, 3.05) is 0 Å². The van der Waals surface area contributed by atoms with Gasteiger partial charge in [0, 0.05) is 35.6 Å². The van der Waals surface area contributed by atoms with Crippen LogP contribution in [0.1, 0.15) is 0 Å². The van der Waals surface area contributed by atoms with Gasteiger partial charge in [-0.15, -0.1) is 0 Å². The first-order chi connectivity index (χ1) is 16.9. The van der Waals surface area contributed by atoms with Crippen LogP contribution in [0.25, 0.3) is 65.3 Å². The minimum Gasteiger partial charge on any atom is -0.264 e. The molecule has 7 aromatic rings. The first-order valence-corrected chi connectivity index (χ1v) is 11.5. The van der Waals surface area contributed by atoms with Crippen molar-refractivity contribution in [1.82, 2.24) is 9.97 Å². The van der Waals surface area contributed by atoms with Gasteiger partial charge in [-0.3, -0.25) is 9.97 Å². The van der Waals surface area contributed by atoms with Crippen molar-refractivity contribution in [3.8, 4) is 22.3 Å². The molecule has 0 spiro atoms. The van der Waals surface area contributed by atoms with E-state index in [0.717, 1.165) is 0 Å². The molecular weight excluding hydrogens is 412 g/mol. The Morgan fingerprint density at radius 2 is 0.765 bits per heavy atom. The molecule has 7 rings (SSSR count). The second kappa shape index (κ2) is 7.50. The fourth-order valence-electron chi connectivity index (χ4n) is 5.37. The van der Waals surface area contributed by atoms with Crippen LogP contribution in [0, 0.1) is 0 Å². The topological polar surface area (TPSA) is 25.8 Å². The van der Waals surface area contributed by atoms with E-state index < -0.39 is 0 Å². The van der Waals surface area contributed by atoms with Gasteiger partial charge in [-0.05, 0) is 66.7 Å². The SMILES string of the molecule is c1cc(-c2c3ccccc3c(-c3cccc4ccncc34)c3ccccc23)c2cnccc2c1. The van der Waals surface area contributed by atoms with Crippen LogP contribution in [0.3, 0.4) is 0 Å². The van der Waals surface area contributed by atoms with Crippen molar-refractivity contribution in [2.24, 2.45) is 0 Å². The molecule has 2 heteroatoms. The quantitative estimate of drug-likeness (QED) is 0.256. The van der Waals surface area contributed by atoms with Crippen molar-refractivity contribution < 1.29 is 0 Å². The number of fused-ring (bicyclic) bond motifs is 4. The molecule has 2 heterocycles. The number of hydrogen-bond donors (Lipinski definition) is 0. The fraction of sp³-hybridized carbons (Fsp3) is 0. The predicted molar refractivity (Wildman–Crippen MR) is 143 cm³/mol. The second-order valence-electron chi connectivity index (χ2n) is 8.65. The van der Waals surface area contributed by atoms with Gasteiger partial charge in [0.2, 0.25) is 0 Å². The van der Waals surface area contributed by atoms with Crippen molar-refractivity contribution >= 4 is 43.1 Å². The van der Waals surface area contributed by atoms with E-state index in [1.165, 1.54) is 65.3 Å². The van der Waals surface area contributed by atoms with Gasteiger partial charge in [0.1, 0.15) is 0 Å². The first-order valence-electron chi connectivity index (χ1n) is 11.5. The van der Waals surface area contributed by atoms with Crippen molar-refractivity contribution in [2.45, 2.75) is 0 Å². The highest BCUT2D eigenvalue weighted by Crippen LogP contribution is 2.46. The molecule has 0 saturated heterocycles. The number of hydrogen-bond acceptors (Lipinski definition) is 2. The summed E-state index contributed by atoms with van der Waals surface area (Å²) in [7, 11) is 0. The molecule has 5 aromatic carbocycles. The Morgan fingerprint density at radius 3 is 1.18 bits per heavy atom. The maximum atomic E-state index is 4.45. The average molecular weight is 433 g/mol. The fourth-order valence-corrected chi connectivity index (χ4v) is 5.37. The molecule has 34 heavy (non-hydrogen) atoms. The summed E-state index contributed by atoms with van der Waals surface area (Å²) in [6.45, 7) is 0. The summed E-state index contributed by atoms with van der Waals surface area (Å²) < 4.78 is 0. The van der Waals surface area contributed by atoms with Gasteiger partial charge in [0.15, 0.2) is 0 Å². The Balaban J connectivity index is 1.70. The molecule has 0 saturated carbocycles. The van der Waals surface area contributed by atoms with Gasteiger partial charge in [-0.1, -0.05) is 84.9 Å². The molecule has 0 fully saturated rings. The monoisotopic (exact) mass is 432 g/mol. The summed E-state index contributed by atoms with van der Waals surface area (Å²) in [5.41, 5.74) is 4.94. The zero-order valence-electron chi connectivity index (χ0n) is 18.4. The van der Waals surface area contributed by atoms with Gasteiger partial charge >= 0.3 is 0 Å². The first kappa shape index (κ1) is 19.0. The molecule has 0 aliphatic heterocycles. The lowest BCUT2D eigenvalue weighted by atomic mass is 9.84. The third kappa shape index (κ3) is 2.76. The largest absolute Gasteiger partial charge is 0.264 e. The molecular formula is C32H20N2. The third-order valence-electron chi connectivity index (χ3n) is 6.84. The highest BCUT2D eigenvalue weighted by Gasteiger charge is 2.18. The molecule has 0 N–H and O–H groups in total. The molecule has 0 unspecified atom stereocenters. The van der Waals surface area contributed by atoms with E-state index in [4.69, 9.17) is 0 Å². The van der Waals surface area contributed by atoms with Crippen molar-refractivity contribution in [3.63, 3.8) is 0 Å². The smallest absolute Gasteiger partial charge is 0.0352 e. The van der Waals surface area contributed by atoms with Crippen molar-refractivity contribution in [1.29, 1.82) is 0 Å². The maximum absolute atomic E-state index is 4.45. The van der Waals surface area contributed by atoms with Gasteiger partial charge in [0.05, 0.1) is 0 Å². The number of nitrogens with zero attached hydrogens (tertiary/aromatic N) is 2. The Labute approximate surface area is 197 Å². The van der Waals surface area contributed by atoms with E-state index in [9.17, 15) is 0 Å². The standard InChI is InChI=1S/C32H20N2/c1-2-10-24-23(9-1)31(27-13-5-7-21-15-17-33-19-29(21)27)25-11-3-4-12-26(25)32(24)28-14-6-8-22-16-18-34-20-30(22)28/h1-20H. The highest BCUT2D eigenvalue weighted by atomic mass is 14.6. The van der Waals surface area contributed by atoms with Crippen LogP contribution in [0.15, 0.2) is 122 Å². The van der Waals surface area contributed by atoms with E-state index in [-0.39, 0.29) is 0 Å². The number of benzene rings is 5. The van der Waals surface area contributed by atoms with Crippen LogP contribution in [0.2, 0.25) is 0 Å². The molecule has 0 aliphatic rings. The number of rotatable bonds is 2. The van der Waals surface area contributed by atoms with E-state index in [1.54, 1.807) is 0 Å². The molecule has 0 aliphatic carbocycles. The Kier molecular flexibility index (Phi) is 4.18. The van der Waals surface area contributed by atoms with Crippen LogP contribution in [-0.4, -0.2) is 9.97 Å². The normalized spacial score (nSPS) is 11.5. The van der Waals surface area contributed by atoms with Gasteiger partial charge in [-0.2, -0.15) is 0 Å². The van der Waals surface area contributed by atoms with E-state index in [2.05, 4.69) is 107 Å². The average Bonchev–Trinajstić information content (AvgIpc) is 2.91. The predicted octanol–water partition coefficient (Wildman–Crippen LogP) is 8.42. The number of aromatic nitrogens is 2. The molecule has 0 radical (unpaired) electrons. The van der Waals surface area contributed by atoms with Crippen LogP contribution >= 0.6 is 0 Å². The zero-order chi connectivity index (χ0) is 22.5. The highest BCUT2D eigenvalue weighted by molar-refractivity contribution is 6.25. The summed E-state index contributed by atoms with van der Waals surface area (Å²) in [6.07, 6.45) is 7.69. The minimum atomic E-state index is 1.17. The molecule has 158 valence electrons. The lowest BCUT2D eigenvalue weighted by Gasteiger charge is -2.19. The van der Waals surface area contributed by atoms with Crippen molar-refractivity contribution in [3.05, 3.63) is 122 Å². The second-order valence-corrected chi connectivity index (χ2v) is 8.65. The minimum absolute atomic E-state index is 1.17. The van der Waals surface area contributed by atoms with Crippen LogP contribution in [0.4, 0.5) is 0 Å². The Bertz CT molecular complexity index is 1660. The van der Waals surface area contributed by atoms with Gasteiger partial charge in [0.25, 0.3) is 0 Å². The molecule has 0 bridgehead atoms. The number of pyridine rings is 2. The lowest BCUT2D eigenvalue weighted by Crippen LogP contribution is -1.92. The molecule has 2 nitrogen and oxygen atoms in total. The molecule has 2 aromatic heterocycles. The van der Waals surface area contributed by atoms with Gasteiger partial charge in [-0.25, -0.2) is 0 Å². The van der Waals surface area contributed by atoms with Crippen LogP contribution < -0.4 is 0 Å². The van der Waals surface area contributed by atoms with Crippen LogP contribution in [0.5, 0.6) is 0 Å². The summed E-state index contributed by atoms with van der Waals surface area (Å²) in [5, 5.41) is 9.71. The summed E-state index contributed by atoms with van der Waals surface area (Å²) in [4.78, 5) is 8.90. The van der Waals surface area contributed by atoms with Gasteiger partial charge < -0.3 is 0 Å². The maximum Gasteiger partial charge on any atom is 0.0352 e. The summed E-state index contributed by atoms with van der Waals surface area (Å²) in [6, 6.07) is 34.8. The van der Waals surface area contributed by atoms with E-state index in [1.807, 2.05) is 24.8 Å². The third-order valence-corrected chi connectivity index (χ3v) is 6.84. The molecule has 0 atom stereocenters. The molecule has 0 amide bonds. The van der Waals surface area contributed by atoms with Crippen LogP contribution in [-0.2, 0) is 0 Å². The Hall–Kier alpha value is -4.56. The van der Waals surface area contributed by atoms with E-state index in [0.29, 0.717) is 0 Å². The van der Waals surface area contributed by atoms with E-state index >= 15 is 0 Å². The zero-order valence-corrected chi connectivity index (χ0v) is 18.4. The summed E-state index contributed by atoms with van der Waals surface area (Å²) >= 11 is 0. The summed E-state index contributed by atoms with van der Waals surface area (Å²) in [5.74, 6) is 0.